The third kappa shape index (κ3) is 3.87. The SMILES string of the molecule is CCC(=O)N1c2ccccc2C(NOC(=O)C2CCCCC2)CC1C. The number of para-hydroxylation sites is 1. The summed E-state index contributed by atoms with van der Waals surface area (Å²) in [7, 11) is 0. The van der Waals surface area contributed by atoms with Gasteiger partial charge < -0.3 is 9.74 Å². The summed E-state index contributed by atoms with van der Waals surface area (Å²) in [6.45, 7) is 3.93. The fraction of sp³-hybridized carbons (Fsp3) is 0.600. The van der Waals surface area contributed by atoms with Crippen molar-refractivity contribution in [3.8, 4) is 0 Å². The Kier molecular flexibility index (Phi) is 5.74. The van der Waals surface area contributed by atoms with Gasteiger partial charge in [0.25, 0.3) is 0 Å². The number of benzene rings is 1. The molecule has 1 aromatic carbocycles. The van der Waals surface area contributed by atoms with Crippen LogP contribution < -0.4 is 10.4 Å². The van der Waals surface area contributed by atoms with Gasteiger partial charge >= 0.3 is 5.97 Å². The van der Waals surface area contributed by atoms with Crippen LogP contribution in [0.4, 0.5) is 5.69 Å². The van der Waals surface area contributed by atoms with Gasteiger partial charge in [-0.1, -0.05) is 44.4 Å². The largest absolute Gasteiger partial charge is 0.370 e. The second-order valence-corrected chi connectivity index (χ2v) is 7.19. The third-order valence-electron chi connectivity index (χ3n) is 5.40. The molecule has 1 N–H and O–H groups in total. The van der Waals surface area contributed by atoms with Gasteiger partial charge in [0.1, 0.15) is 0 Å². The molecule has 1 aromatic rings. The fourth-order valence-corrected chi connectivity index (χ4v) is 4.03. The Morgan fingerprint density at radius 3 is 2.64 bits per heavy atom. The van der Waals surface area contributed by atoms with E-state index in [1.165, 1.54) is 6.42 Å². The van der Waals surface area contributed by atoms with Crippen LogP contribution in [0.3, 0.4) is 0 Å². The van der Waals surface area contributed by atoms with E-state index in [-0.39, 0.29) is 29.9 Å². The molecule has 1 aliphatic carbocycles. The van der Waals surface area contributed by atoms with Gasteiger partial charge in [-0.15, -0.1) is 5.48 Å². The van der Waals surface area contributed by atoms with Crippen LogP contribution in [0.15, 0.2) is 24.3 Å². The number of hydrogen-bond donors (Lipinski definition) is 1. The maximum absolute atomic E-state index is 12.3. The van der Waals surface area contributed by atoms with Crippen LogP contribution in [0.5, 0.6) is 0 Å². The number of nitrogens with one attached hydrogen (secondary N) is 1. The highest BCUT2D eigenvalue weighted by Gasteiger charge is 2.34. The average Bonchev–Trinajstić information content (AvgIpc) is 2.66. The summed E-state index contributed by atoms with van der Waals surface area (Å²) in [5.41, 5.74) is 4.92. The van der Waals surface area contributed by atoms with E-state index in [1.807, 2.05) is 43.0 Å². The zero-order chi connectivity index (χ0) is 17.8. The Bertz CT molecular complexity index is 625. The zero-order valence-corrected chi connectivity index (χ0v) is 15.2. The molecule has 3 rings (SSSR count). The smallest absolute Gasteiger partial charge is 0.327 e. The van der Waals surface area contributed by atoms with Gasteiger partial charge in [-0.25, -0.2) is 0 Å². The molecule has 5 nitrogen and oxygen atoms in total. The summed E-state index contributed by atoms with van der Waals surface area (Å²) in [5.74, 6) is 0.00479. The van der Waals surface area contributed by atoms with E-state index in [9.17, 15) is 9.59 Å². The number of nitrogens with zero attached hydrogens (tertiary/aromatic N) is 1. The van der Waals surface area contributed by atoms with E-state index in [4.69, 9.17) is 4.84 Å². The van der Waals surface area contributed by atoms with Gasteiger partial charge in [0.05, 0.1) is 12.0 Å². The molecule has 5 heteroatoms. The van der Waals surface area contributed by atoms with Crippen LogP contribution >= 0.6 is 0 Å². The van der Waals surface area contributed by atoms with Crippen molar-refractivity contribution in [3.05, 3.63) is 29.8 Å². The molecule has 1 heterocycles. The Balaban J connectivity index is 1.71. The molecule has 1 aliphatic heterocycles. The fourth-order valence-electron chi connectivity index (χ4n) is 4.03. The van der Waals surface area contributed by atoms with E-state index in [2.05, 4.69) is 5.48 Å². The number of hydroxylamine groups is 1. The van der Waals surface area contributed by atoms with Crippen molar-refractivity contribution in [1.82, 2.24) is 5.48 Å². The predicted octanol–water partition coefficient (Wildman–Crippen LogP) is 3.89. The predicted molar refractivity (Wildman–Crippen MR) is 96.8 cm³/mol. The topological polar surface area (TPSA) is 58.6 Å². The zero-order valence-electron chi connectivity index (χ0n) is 15.2. The van der Waals surface area contributed by atoms with E-state index >= 15 is 0 Å². The number of carbonyl (C=O) groups excluding carboxylic acids is 2. The first-order chi connectivity index (χ1) is 12.1. The minimum Gasteiger partial charge on any atom is -0.370 e. The maximum atomic E-state index is 12.3. The van der Waals surface area contributed by atoms with Crippen LogP contribution in [0.25, 0.3) is 0 Å². The van der Waals surface area contributed by atoms with Crippen molar-refractivity contribution >= 4 is 17.6 Å². The summed E-state index contributed by atoms with van der Waals surface area (Å²) in [5, 5.41) is 0. The van der Waals surface area contributed by atoms with Crippen LogP contribution in [-0.4, -0.2) is 17.9 Å². The van der Waals surface area contributed by atoms with Crippen molar-refractivity contribution in [1.29, 1.82) is 0 Å². The monoisotopic (exact) mass is 344 g/mol. The first-order valence-electron chi connectivity index (χ1n) is 9.49. The molecule has 0 radical (unpaired) electrons. The van der Waals surface area contributed by atoms with Crippen LogP contribution in [0.1, 0.15) is 70.4 Å². The maximum Gasteiger partial charge on any atom is 0.327 e. The van der Waals surface area contributed by atoms with Crippen LogP contribution in [0.2, 0.25) is 0 Å². The van der Waals surface area contributed by atoms with E-state index in [0.29, 0.717) is 6.42 Å². The lowest BCUT2D eigenvalue weighted by atomic mass is 9.89. The van der Waals surface area contributed by atoms with Gasteiger partial charge in [0, 0.05) is 18.2 Å². The highest BCUT2D eigenvalue weighted by atomic mass is 16.7. The minimum atomic E-state index is -0.142. The summed E-state index contributed by atoms with van der Waals surface area (Å²) in [6.07, 6.45) is 6.49. The summed E-state index contributed by atoms with van der Waals surface area (Å²) in [4.78, 5) is 32.0. The number of rotatable bonds is 4. The van der Waals surface area contributed by atoms with E-state index in [0.717, 1.165) is 43.4 Å². The number of hydrogen-bond acceptors (Lipinski definition) is 4. The van der Waals surface area contributed by atoms with Crippen molar-refractivity contribution in [2.45, 2.75) is 70.9 Å². The molecule has 0 bridgehead atoms. The molecule has 1 fully saturated rings. The lowest BCUT2D eigenvalue weighted by Crippen LogP contribution is -2.45. The van der Waals surface area contributed by atoms with Gasteiger partial charge in [0.2, 0.25) is 5.91 Å². The summed E-state index contributed by atoms with van der Waals surface area (Å²) in [6, 6.07) is 7.85. The van der Waals surface area contributed by atoms with E-state index < -0.39 is 0 Å². The Morgan fingerprint density at radius 1 is 1.20 bits per heavy atom. The van der Waals surface area contributed by atoms with Crippen LogP contribution in [0, 0.1) is 5.92 Å². The first kappa shape index (κ1) is 17.9. The molecule has 136 valence electrons. The normalized spacial score (nSPS) is 23.8. The van der Waals surface area contributed by atoms with Crippen molar-refractivity contribution in [2.24, 2.45) is 5.92 Å². The van der Waals surface area contributed by atoms with E-state index in [1.54, 1.807) is 0 Å². The van der Waals surface area contributed by atoms with Crippen molar-refractivity contribution in [2.75, 3.05) is 4.90 Å². The molecular weight excluding hydrogens is 316 g/mol. The highest BCUT2D eigenvalue weighted by molar-refractivity contribution is 5.95. The molecule has 2 aliphatic rings. The minimum absolute atomic E-state index is 0.0238. The molecular formula is C20H28N2O3. The van der Waals surface area contributed by atoms with Crippen LogP contribution in [-0.2, 0) is 14.4 Å². The number of amides is 1. The first-order valence-corrected chi connectivity index (χ1v) is 9.49. The molecule has 0 saturated heterocycles. The molecule has 1 saturated carbocycles. The number of carbonyl (C=O) groups is 2. The molecule has 0 spiro atoms. The highest BCUT2D eigenvalue weighted by Crippen LogP contribution is 2.37. The standard InChI is InChI=1S/C20H28N2O3/c1-3-19(23)22-14(2)13-17(16-11-7-8-12-18(16)22)21-25-20(24)15-9-5-4-6-10-15/h7-8,11-12,14-15,17,21H,3-6,9-10,13H2,1-2H3. The molecule has 2 unspecified atom stereocenters. The summed E-state index contributed by atoms with van der Waals surface area (Å²) >= 11 is 0. The van der Waals surface area contributed by atoms with Crippen molar-refractivity contribution < 1.29 is 14.4 Å². The molecule has 0 aromatic heterocycles. The van der Waals surface area contributed by atoms with Gasteiger partial charge in [-0.2, -0.15) is 0 Å². The molecule has 2 atom stereocenters. The number of fused-ring (bicyclic) bond motifs is 1. The van der Waals surface area contributed by atoms with Gasteiger partial charge in [0.15, 0.2) is 0 Å². The second-order valence-electron chi connectivity index (χ2n) is 7.19. The van der Waals surface area contributed by atoms with Gasteiger partial charge in [-0.05, 0) is 37.8 Å². The third-order valence-corrected chi connectivity index (χ3v) is 5.40. The average molecular weight is 344 g/mol. The number of anilines is 1. The molecule has 25 heavy (non-hydrogen) atoms. The summed E-state index contributed by atoms with van der Waals surface area (Å²) < 4.78 is 0. The Hall–Kier alpha value is -1.88. The Labute approximate surface area is 149 Å². The quantitative estimate of drug-likeness (QED) is 0.842. The van der Waals surface area contributed by atoms with Crippen molar-refractivity contribution in [3.63, 3.8) is 0 Å². The lowest BCUT2D eigenvalue weighted by molar-refractivity contribution is -0.159. The second kappa shape index (κ2) is 8.00. The lowest BCUT2D eigenvalue weighted by Gasteiger charge is -2.39. The molecule has 1 amide bonds. The Morgan fingerprint density at radius 2 is 1.92 bits per heavy atom. The van der Waals surface area contributed by atoms with Gasteiger partial charge in [-0.3, -0.25) is 9.59 Å².